The Balaban J connectivity index is 2.60. The minimum atomic E-state index is -0.171. The summed E-state index contributed by atoms with van der Waals surface area (Å²) in [5.41, 5.74) is 4.08. The van der Waals surface area contributed by atoms with Gasteiger partial charge in [0.05, 0.1) is 10.5 Å². The largest absolute Gasteiger partial charge is 0.358 e. The number of pyridine rings is 1. The van der Waals surface area contributed by atoms with Crippen LogP contribution in [0.4, 0.5) is 0 Å². The van der Waals surface area contributed by atoms with E-state index in [1.54, 1.807) is 0 Å². The van der Waals surface area contributed by atoms with E-state index in [1.165, 1.54) is 17.3 Å². The highest BCUT2D eigenvalue weighted by Crippen LogP contribution is 2.32. The van der Waals surface area contributed by atoms with Gasteiger partial charge in [0.1, 0.15) is 0 Å². The van der Waals surface area contributed by atoms with E-state index in [1.807, 2.05) is 12.1 Å². The van der Waals surface area contributed by atoms with E-state index in [9.17, 15) is 4.79 Å². The quantitative estimate of drug-likeness (QED) is 0.691. The molecule has 0 atom stereocenters. The Labute approximate surface area is 109 Å². The van der Waals surface area contributed by atoms with Crippen molar-refractivity contribution in [2.75, 3.05) is 0 Å². The van der Waals surface area contributed by atoms with Crippen LogP contribution in [0, 0.1) is 6.92 Å². The predicted molar refractivity (Wildman–Crippen MR) is 75.6 cm³/mol. The lowest BCUT2D eigenvalue weighted by atomic mass is 10.1. The van der Waals surface area contributed by atoms with Gasteiger partial charge in [-0.2, -0.15) is 0 Å². The number of hydrogen-bond donors (Lipinski definition) is 2. The van der Waals surface area contributed by atoms with Gasteiger partial charge in [0, 0.05) is 28.0 Å². The number of aromatic nitrogens is 2. The molecule has 4 heteroatoms. The Morgan fingerprint density at radius 1 is 1.17 bits per heavy atom. The van der Waals surface area contributed by atoms with Crippen molar-refractivity contribution in [1.29, 1.82) is 0 Å². The van der Waals surface area contributed by atoms with Crippen LogP contribution in [-0.4, -0.2) is 9.97 Å². The Morgan fingerprint density at radius 2 is 1.83 bits per heavy atom. The SMILES string of the molecule is CCc1[nH]c2ccc3[nH]c(=O)cc(Cl)c3c2c1C. The summed E-state index contributed by atoms with van der Waals surface area (Å²) in [6.07, 6.45) is 0.947. The molecule has 0 aliphatic heterocycles. The lowest BCUT2D eigenvalue weighted by molar-refractivity contribution is 1.05. The van der Waals surface area contributed by atoms with Gasteiger partial charge in [-0.3, -0.25) is 4.79 Å². The third kappa shape index (κ3) is 1.47. The summed E-state index contributed by atoms with van der Waals surface area (Å²) in [5, 5.41) is 2.52. The molecule has 0 amide bonds. The maximum Gasteiger partial charge on any atom is 0.249 e. The van der Waals surface area contributed by atoms with Gasteiger partial charge in [0.2, 0.25) is 5.56 Å². The fourth-order valence-electron chi connectivity index (χ4n) is 2.57. The van der Waals surface area contributed by atoms with Crippen LogP contribution in [0.1, 0.15) is 18.2 Å². The predicted octanol–water partition coefficient (Wildman–Crippen LogP) is 3.53. The van der Waals surface area contributed by atoms with Gasteiger partial charge in [-0.25, -0.2) is 0 Å². The molecule has 0 spiro atoms. The van der Waals surface area contributed by atoms with Gasteiger partial charge in [-0.05, 0) is 31.0 Å². The van der Waals surface area contributed by atoms with E-state index in [2.05, 4.69) is 23.8 Å². The molecule has 2 heterocycles. The van der Waals surface area contributed by atoms with Crippen molar-refractivity contribution >= 4 is 33.4 Å². The molecule has 0 aliphatic rings. The first-order chi connectivity index (χ1) is 8.61. The molecule has 1 aromatic carbocycles. The van der Waals surface area contributed by atoms with Gasteiger partial charge in [-0.15, -0.1) is 0 Å². The molecule has 2 aromatic heterocycles. The summed E-state index contributed by atoms with van der Waals surface area (Å²) in [5.74, 6) is 0. The third-order valence-corrected chi connectivity index (χ3v) is 3.72. The summed E-state index contributed by atoms with van der Waals surface area (Å²) in [7, 11) is 0. The minimum Gasteiger partial charge on any atom is -0.358 e. The molecular formula is C14H13ClN2O. The van der Waals surface area contributed by atoms with Crippen molar-refractivity contribution < 1.29 is 0 Å². The zero-order chi connectivity index (χ0) is 12.9. The highest BCUT2D eigenvalue weighted by atomic mass is 35.5. The van der Waals surface area contributed by atoms with Gasteiger partial charge in [-0.1, -0.05) is 18.5 Å². The van der Waals surface area contributed by atoms with Crippen molar-refractivity contribution in [3.8, 4) is 0 Å². The number of nitrogens with one attached hydrogen (secondary N) is 2. The average Bonchev–Trinajstić information content (AvgIpc) is 2.65. The zero-order valence-electron chi connectivity index (χ0n) is 10.2. The minimum absolute atomic E-state index is 0.171. The molecule has 0 radical (unpaired) electrons. The van der Waals surface area contributed by atoms with Crippen LogP contribution in [0.15, 0.2) is 23.0 Å². The van der Waals surface area contributed by atoms with Crippen LogP contribution in [0.5, 0.6) is 0 Å². The molecular weight excluding hydrogens is 248 g/mol. The molecule has 0 unspecified atom stereocenters. The number of fused-ring (bicyclic) bond motifs is 3. The first-order valence-electron chi connectivity index (χ1n) is 5.94. The normalized spacial score (nSPS) is 11.5. The fraction of sp³-hybridized carbons (Fsp3) is 0.214. The lowest BCUT2D eigenvalue weighted by Crippen LogP contribution is -2.03. The maximum atomic E-state index is 11.4. The molecule has 0 saturated carbocycles. The van der Waals surface area contributed by atoms with Crippen molar-refractivity contribution in [2.45, 2.75) is 20.3 Å². The number of halogens is 1. The van der Waals surface area contributed by atoms with Crippen molar-refractivity contribution in [3.63, 3.8) is 0 Å². The number of hydrogen-bond acceptors (Lipinski definition) is 1. The Morgan fingerprint density at radius 3 is 2.50 bits per heavy atom. The second kappa shape index (κ2) is 3.89. The van der Waals surface area contributed by atoms with Crippen LogP contribution in [0.25, 0.3) is 21.8 Å². The highest BCUT2D eigenvalue weighted by Gasteiger charge is 2.12. The van der Waals surface area contributed by atoms with Crippen molar-refractivity contribution in [1.82, 2.24) is 9.97 Å². The molecule has 18 heavy (non-hydrogen) atoms. The second-order valence-electron chi connectivity index (χ2n) is 4.47. The number of aromatic amines is 2. The van der Waals surface area contributed by atoms with Gasteiger partial charge >= 0.3 is 0 Å². The maximum absolute atomic E-state index is 11.4. The van der Waals surface area contributed by atoms with Gasteiger partial charge in [0.15, 0.2) is 0 Å². The molecule has 2 N–H and O–H groups in total. The van der Waals surface area contributed by atoms with E-state index >= 15 is 0 Å². The zero-order valence-corrected chi connectivity index (χ0v) is 11.0. The summed E-state index contributed by atoms with van der Waals surface area (Å²) in [6.45, 7) is 4.20. The van der Waals surface area contributed by atoms with Crippen molar-refractivity contribution in [2.24, 2.45) is 0 Å². The average molecular weight is 261 g/mol. The second-order valence-corrected chi connectivity index (χ2v) is 4.88. The van der Waals surface area contributed by atoms with Crippen LogP contribution < -0.4 is 5.56 Å². The number of benzene rings is 1. The smallest absolute Gasteiger partial charge is 0.249 e. The summed E-state index contributed by atoms with van der Waals surface area (Å²) in [4.78, 5) is 17.7. The molecule has 0 saturated heterocycles. The molecule has 0 bridgehead atoms. The molecule has 0 aliphatic carbocycles. The lowest BCUT2D eigenvalue weighted by Gasteiger charge is -2.03. The van der Waals surface area contributed by atoms with Crippen molar-refractivity contribution in [3.05, 3.63) is 44.8 Å². The molecule has 92 valence electrons. The van der Waals surface area contributed by atoms with E-state index < -0.39 is 0 Å². The molecule has 3 rings (SSSR count). The first kappa shape index (κ1) is 11.4. The van der Waals surface area contributed by atoms with Crippen LogP contribution in [-0.2, 0) is 6.42 Å². The van der Waals surface area contributed by atoms with Gasteiger partial charge in [0.25, 0.3) is 0 Å². The standard InChI is InChI=1S/C14H13ClN2O/c1-3-9-7(2)13-10(16-9)4-5-11-14(13)8(15)6-12(18)17-11/h4-6,16H,3H2,1-2H3,(H,17,18). The third-order valence-electron chi connectivity index (χ3n) is 3.43. The fourth-order valence-corrected chi connectivity index (χ4v) is 2.86. The molecule has 3 nitrogen and oxygen atoms in total. The van der Waals surface area contributed by atoms with E-state index in [0.717, 1.165) is 28.2 Å². The number of rotatable bonds is 1. The summed E-state index contributed by atoms with van der Waals surface area (Å²) < 4.78 is 0. The Kier molecular flexibility index (Phi) is 2.45. The monoisotopic (exact) mass is 260 g/mol. The summed E-state index contributed by atoms with van der Waals surface area (Å²) >= 11 is 6.23. The number of H-pyrrole nitrogens is 2. The van der Waals surface area contributed by atoms with Gasteiger partial charge < -0.3 is 9.97 Å². The Hall–Kier alpha value is -1.74. The first-order valence-corrected chi connectivity index (χ1v) is 6.32. The van der Waals surface area contributed by atoms with E-state index in [4.69, 9.17) is 11.6 Å². The van der Waals surface area contributed by atoms with Crippen LogP contribution in [0.2, 0.25) is 5.02 Å². The van der Waals surface area contributed by atoms with Crippen LogP contribution in [0.3, 0.4) is 0 Å². The summed E-state index contributed by atoms with van der Waals surface area (Å²) in [6, 6.07) is 5.30. The Bertz CT molecular complexity index is 814. The highest BCUT2D eigenvalue weighted by molar-refractivity contribution is 6.37. The van der Waals surface area contributed by atoms with E-state index in [-0.39, 0.29) is 5.56 Å². The topological polar surface area (TPSA) is 48.6 Å². The van der Waals surface area contributed by atoms with E-state index in [0.29, 0.717) is 5.02 Å². The van der Waals surface area contributed by atoms with Crippen LogP contribution >= 0.6 is 11.6 Å². The number of aryl methyl sites for hydroxylation is 2. The molecule has 0 fully saturated rings. The molecule has 3 aromatic rings.